The molecule has 2 aliphatic heterocycles. The van der Waals surface area contributed by atoms with E-state index in [1.165, 1.54) is 0 Å². The molecule has 0 saturated carbocycles. The predicted octanol–water partition coefficient (Wildman–Crippen LogP) is 1.69. The topological polar surface area (TPSA) is 88.2 Å². The molecule has 0 spiro atoms. The third-order valence-electron chi connectivity index (χ3n) is 5.25. The number of benzene rings is 2. The second-order valence-corrected chi connectivity index (χ2v) is 9.30. The Kier molecular flexibility index (Phi) is 6.10. The molecule has 4 rings (SSSR count). The molecule has 2 aliphatic rings. The van der Waals surface area contributed by atoms with Crippen LogP contribution in [0.1, 0.15) is 16.8 Å². The predicted molar refractivity (Wildman–Crippen MR) is 114 cm³/mol. The molecular weight excluding hydrogens is 406 g/mol. The van der Waals surface area contributed by atoms with Crippen LogP contribution in [0.25, 0.3) is 0 Å². The van der Waals surface area contributed by atoms with Gasteiger partial charge in [-0.25, -0.2) is 8.42 Å². The smallest absolute Gasteiger partial charge is 0.251 e. The Morgan fingerprint density at radius 3 is 2.47 bits per heavy atom. The Morgan fingerprint density at radius 2 is 1.70 bits per heavy atom. The van der Waals surface area contributed by atoms with Crippen molar-refractivity contribution in [1.29, 1.82) is 0 Å². The highest BCUT2D eigenvalue weighted by molar-refractivity contribution is 7.89. The molecule has 0 bridgehead atoms. The lowest BCUT2D eigenvalue weighted by atomic mass is 10.2. The summed E-state index contributed by atoms with van der Waals surface area (Å²) in [6, 6.07) is 15.0. The first kappa shape index (κ1) is 20.5. The van der Waals surface area contributed by atoms with Crippen LogP contribution in [0.4, 0.5) is 5.69 Å². The first-order valence-corrected chi connectivity index (χ1v) is 11.6. The molecule has 2 aromatic rings. The lowest BCUT2D eigenvalue weighted by Crippen LogP contribution is -2.49. The third-order valence-corrected chi connectivity index (χ3v) is 7.21. The maximum absolute atomic E-state index is 12.6. The van der Waals surface area contributed by atoms with Gasteiger partial charge < -0.3 is 19.7 Å². The Balaban J connectivity index is 1.21. The van der Waals surface area contributed by atoms with E-state index < -0.39 is 10.0 Å². The largest absolute Gasteiger partial charge is 0.454 e. The summed E-state index contributed by atoms with van der Waals surface area (Å²) in [6.45, 7) is 2.73. The molecule has 0 aromatic heterocycles. The van der Waals surface area contributed by atoms with E-state index in [0.29, 0.717) is 49.7 Å². The average molecular weight is 432 g/mol. The summed E-state index contributed by atoms with van der Waals surface area (Å²) in [5, 5.41) is 2.77. The first-order chi connectivity index (χ1) is 14.5. The van der Waals surface area contributed by atoms with E-state index in [1.807, 2.05) is 30.3 Å². The summed E-state index contributed by atoms with van der Waals surface area (Å²) >= 11 is 0. The van der Waals surface area contributed by atoms with Crippen LogP contribution in [0.5, 0.6) is 11.5 Å². The summed E-state index contributed by atoms with van der Waals surface area (Å²) in [7, 11) is -3.34. The molecule has 1 N–H and O–H groups in total. The molecule has 30 heavy (non-hydrogen) atoms. The minimum Gasteiger partial charge on any atom is -0.454 e. The van der Waals surface area contributed by atoms with Gasteiger partial charge in [0, 0.05) is 44.0 Å². The molecule has 8 nitrogen and oxygen atoms in total. The minimum absolute atomic E-state index is 0.0136. The summed E-state index contributed by atoms with van der Waals surface area (Å²) < 4.78 is 37.3. The Bertz CT molecular complexity index is 989. The molecule has 0 atom stereocenters. The van der Waals surface area contributed by atoms with Crippen LogP contribution in [0, 0.1) is 0 Å². The molecule has 160 valence electrons. The van der Waals surface area contributed by atoms with Crippen molar-refractivity contribution in [2.45, 2.75) is 6.42 Å². The Morgan fingerprint density at radius 1 is 0.967 bits per heavy atom. The number of ether oxygens (including phenoxy) is 2. The fourth-order valence-electron chi connectivity index (χ4n) is 3.59. The number of hydrogen-bond acceptors (Lipinski definition) is 6. The first-order valence-electron chi connectivity index (χ1n) is 9.99. The number of hydrogen-bond donors (Lipinski definition) is 1. The fourth-order valence-corrected chi connectivity index (χ4v) is 5.08. The van der Waals surface area contributed by atoms with Gasteiger partial charge in [0.1, 0.15) is 0 Å². The van der Waals surface area contributed by atoms with Crippen molar-refractivity contribution < 1.29 is 22.7 Å². The average Bonchev–Trinajstić information content (AvgIpc) is 3.25. The van der Waals surface area contributed by atoms with Crippen LogP contribution in [-0.4, -0.2) is 63.9 Å². The molecule has 9 heteroatoms. The highest BCUT2D eigenvalue weighted by Crippen LogP contribution is 2.32. The van der Waals surface area contributed by atoms with Gasteiger partial charge in [0.15, 0.2) is 11.5 Å². The van der Waals surface area contributed by atoms with Crippen molar-refractivity contribution in [2.24, 2.45) is 0 Å². The molecule has 0 aliphatic carbocycles. The van der Waals surface area contributed by atoms with Crippen LogP contribution in [-0.2, 0) is 10.0 Å². The number of carbonyl (C=O) groups is 1. The Labute approximate surface area is 176 Å². The van der Waals surface area contributed by atoms with E-state index in [0.717, 1.165) is 5.69 Å². The van der Waals surface area contributed by atoms with Crippen LogP contribution in [0.2, 0.25) is 0 Å². The van der Waals surface area contributed by atoms with E-state index in [1.54, 1.807) is 22.5 Å². The van der Waals surface area contributed by atoms with Gasteiger partial charge in [0.25, 0.3) is 5.91 Å². The number of nitrogens with one attached hydrogen (secondary N) is 1. The van der Waals surface area contributed by atoms with Crippen molar-refractivity contribution in [3.05, 3.63) is 54.1 Å². The zero-order valence-electron chi connectivity index (χ0n) is 16.6. The van der Waals surface area contributed by atoms with Gasteiger partial charge in [-0.15, -0.1) is 0 Å². The van der Waals surface area contributed by atoms with Crippen molar-refractivity contribution in [3.63, 3.8) is 0 Å². The fraction of sp³-hybridized carbons (Fsp3) is 0.381. The van der Waals surface area contributed by atoms with Crippen molar-refractivity contribution in [1.82, 2.24) is 9.62 Å². The second-order valence-electron chi connectivity index (χ2n) is 7.22. The van der Waals surface area contributed by atoms with Crippen LogP contribution in [0.3, 0.4) is 0 Å². The number of anilines is 1. The summed E-state index contributed by atoms with van der Waals surface area (Å²) in [6.07, 6.45) is 0.359. The van der Waals surface area contributed by atoms with E-state index in [4.69, 9.17) is 9.47 Å². The highest BCUT2D eigenvalue weighted by atomic mass is 32.2. The zero-order chi connectivity index (χ0) is 21.0. The van der Waals surface area contributed by atoms with Crippen LogP contribution < -0.4 is 19.7 Å². The van der Waals surface area contributed by atoms with E-state index in [2.05, 4.69) is 10.2 Å². The van der Waals surface area contributed by atoms with Gasteiger partial charge in [-0.2, -0.15) is 4.31 Å². The molecule has 1 amide bonds. The molecular formula is C21H25N3O5S. The lowest BCUT2D eigenvalue weighted by Gasteiger charge is -2.35. The molecule has 0 radical (unpaired) electrons. The van der Waals surface area contributed by atoms with Gasteiger partial charge in [0.05, 0.1) is 5.75 Å². The normalized spacial score (nSPS) is 16.5. The maximum Gasteiger partial charge on any atom is 0.251 e. The zero-order valence-corrected chi connectivity index (χ0v) is 17.4. The SMILES string of the molecule is O=C(NCCCS(=O)(=O)N1CCN(c2ccccc2)CC1)c1ccc2c(c1)OCO2. The summed E-state index contributed by atoms with van der Waals surface area (Å²) in [5.74, 6) is 0.909. The number of nitrogens with zero attached hydrogens (tertiary/aromatic N) is 2. The Hall–Kier alpha value is -2.78. The van der Waals surface area contributed by atoms with Crippen molar-refractivity contribution in [3.8, 4) is 11.5 Å². The number of carbonyl (C=O) groups excluding carboxylic acids is 1. The summed E-state index contributed by atoms with van der Waals surface area (Å²) in [4.78, 5) is 14.5. The number of piperazine rings is 1. The molecule has 2 heterocycles. The summed E-state index contributed by atoms with van der Waals surface area (Å²) in [5.41, 5.74) is 1.57. The monoisotopic (exact) mass is 431 g/mol. The number of sulfonamides is 1. The van der Waals surface area contributed by atoms with Crippen LogP contribution in [0.15, 0.2) is 48.5 Å². The highest BCUT2D eigenvalue weighted by Gasteiger charge is 2.26. The second kappa shape index (κ2) is 8.93. The van der Waals surface area contributed by atoms with E-state index >= 15 is 0 Å². The molecule has 0 unspecified atom stereocenters. The standard InChI is InChI=1S/C21H25N3O5S/c25-21(17-7-8-19-20(15-17)29-16-28-19)22-9-4-14-30(26,27)24-12-10-23(11-13-24)18-5-2-1-3-6-18/h1-3,5-8,15H,4,9-14,16H2,(H,22,25). The third kappa shape index (κ3) is 4.68. The maximum atomic E-state index is 12.6. The minimum atomic E-state index is -3.34. The van der Waals surface area contributed by atoms with Crippen molar-refractivity contribution >= 4 is 21.6 Å². The molecule has 2 aromatic carbocycles. The van der Waals surface area contributed by atoms with Gasteiger partial charge >= 0.3 is 0 Å². The number of para-hydroxylation sites is 1. The van der Waals surface area contributed by atoms with Gasteiger partial charge in [-0.3, -0.25) is 4.79 Å². The molecule has 1 saturated heterocycles. The molecule has 1 fully saturated rings. The lowest BCUT2D eigenvalue weighted by molar-refractivity contribution is 0.0953. The van der Waals surface area contributed by atoms with E-state index in [9.17, 15) is 13.2 Å². The van der Waals surface area contributed by atoms with E-state index in [-0.39, 0.29) is 25.0 Å². The quantitative estimate of drug-likeness (QED) is 0.672. The van der Waals surface area contributed by atoms with Gasteiger partial charge in [-0.1, -0.05) is 18.2 Å². The number of fused-ring (bicyclic) bond motifs is 1. The number of rotatable bonds is 7. The van der Waals surface area contributed by atoms with Gasteiger partial charge in [0.2, 0.25) is 16.8 Å². The number of amides is 1. The van der Waals surface area contributed by atoms with Crippen LogP contribution >= 0.6 is 0 Å². The van der Waals surface area contributed by atoms with Gasteiger partial charge in [-0.05, 0) is 36.8 Å². The van der Waals surface area contributed by atoms with Crippen molar-refractivity contribution in [2.75, 3.05) is 50.2 Å².